The molecular weight excluding hydrogens is 295 g/mol. The first kappa shape index (κ1) is 15.5. The lowest BCUT2D eigenvalue weighted by molar-refractivity contribution is 0.422. The third-order valence-corrected chi connectivity index (χ3v) is 4.22. The lowest BCUT2D eigenvalue weighted by Gasteiger charge is -2.19. The van der Waals surface area contributed by atoms with Crippen molar-refractivity contribution in [2.75, 3.05) is 0 Å². The van der Waals surface area contributed by atoms with E-state index in [1.807, 2.05) is 0 Å². The molecule has 5 heteroatoms. The van der Waals surface area contributed by atoms with Gasteiger partial charge in [-0.2, -0.15) is 0 Å². The molecule has 2 nitrogen and oxygen atoms in total. The van der Waals surface area contributed by atoms with Crippen molar-refractivity contribution < 1.29 is 4.39 Å². The van der Waals surface area contributed by atoms with E-state index in [4.69, 9.17) is 23.8 Å². The summed E-state index contributed by atoms with van der Waals surface area (Å²) in [5.41, 5.74) is 1.62. The quantitative estimate of drug-likeness (QED) is 0.646. The van der Waals surface area contributed by atoms with Crippen LogP contribution in [0.1, 0.15) is 52.0 Å². The average Bonchev–Trinajstić information content (AvgIpc) is 2.71. The van der Waals surface area contributed by atoms with Gasteiger partial charge in [-0.1, -0.05) is 44.7 Å². The number of aromatic amines is 1. The van der Waals surface area contributed by atoms with Crippen LogP contribution in [0.2, 0.25) is 5.02 Å². The Morgan fingerprint density at radius 2 is 2.05 bits per heavy atom. The SMILES string of the molecule is CCCCC(CCC)n1c(=S)[nH]c2cc(F)c(Cl)cc21. The fourth-order valence-electron chi connectivity index (χ4n) is 2.66. The van der Waals surface area contributed by atoms with Crippen LogP contribution in [-0.4, -0.2) is 9.55 Å². The normalized spacial score (nSPS) is 13.0. The van der Waals surface area contributed by atoms with E-state index in [2.05, 4.69) is 23.4 Å². The second-order valence-electron chi connectivity index (χ2n) is 5.17. The second-order valence-corrected chi connectivity index (χ2v) is 5.96. The van der Waals surface area contributed by atoms with Crippen LogP contribution in [0, 0.1) is 10.6 Å². The van der Waals surface area contributed by atoms with Crippen molar-refractivity contribution in [3.05, 3.63) is 27.7 Å². The number of benzene rings is 1. The van der Waals surface area contributed by atoms with Crippen molar-refractivity contribution in [3.63, 3.8) is 0 Å². The fraction of sp³-hybridized carbons (Fsp3) is 0.533. The Labute approximate surface area is 128 Å². The molecule has 0 aliphatic rings. The molecule has 1 N–H and O–H groups in total. The third kappa shape index (κ3) is 3.07. The summed E-state index contributed by atoms with van der Waals surface area (Å²) < 4.78 is 16.3. The molecule has 0 spiro atoms. The van der Waals surface area contributed by atoms with Gasteiger partial charge in [0, 0.05) is 12.1 Å². The first-order chi connectivity index (χ1) is 9.58. The molecule has 1 unspecified atom stereocenters. The van der Waals surface area contributed by atoms with Crippen LogP contribution in [0.15, 0.2) is 12.1 Å². The predicted octanol–water partition coefficient (Wildman–Crippen LogP) is 6.02. The summed E-state index contributed by atoms with van der Waals surface area (Å²) in [7, 11) is 0. The summed E-state index contributed by atoms with van der Waals surface area (Å²) in [5, 5.41) is 0.144. The standard InChI is InChI=1S/C15H20ClFN2S/c1-3-5-7-10(6-4-2)19-14-8-11(16)12(17)9-13(14)18-15(19)20/h8-10H,3-7H2,1-2H3,(H,18,20). The van der Waals surface area contributed by atoms with Crippen molar-refractivity contribution in [2.45, 2.75) is 52.0 Å². The Bertz CT molecular complexity index is 647. The number of fused-ring (bicyclic) bond motifs is 1. The van der Waals surface area contributed by atoms with Crippen molar-refractivity contribution >= 4 is 34.9 Å². The maximum absolute atomic E-state index is 13.5. The first-order valence-corrected chi connectivity index (χ1v) is 7.96. The molecule has 0 aliphatic carbocycles. The summed E-state index contributed by atoms with van der Waals surface area (Å²) in [5.74, 6) is -0.414. The lowest BCUT2D eigenvalue weighted by atomic mass is 10.0. The number of halogens is 2. The van der Waals surface area contributed by atoms with E-state index in [9.17, 15) is 4.39 Å². The molecule has 0 amide bonds. The summed E-state index contributed by atoms with van der Waals surface area (Å²) in [6.07, 6.45) is 5.56. The maximum Gasteiger partial charge on any atom is 0.178 e. The highest BCUT2D eigenvalue weighted by Crippen LogP contribution is 2.29. The number of hydrogen-bond donors (Lipinski definition) is 1. The van der Waals surface area contributed by atoms with Crippen LogP contribution in [0.5, 0.6) is 0 Å². The van der Waals surface area contributed by atoms with Crippen LogP contribution in [0.25, 0.3) is 11.0 Å². The summed E-state index contributed by atoms with van der Waals surface area (Å²) in [6.45, 7) is 4.35. The zero-order valence-corrected chi connectivity index (χ0v) is 13.5. The van der Waals surface area contributed by atoms with Gasteiger partial charge < -0.3 is 9.55 Å². The van der Waals surface area contributed by atoms with Crippen LogP contribution < -0.4 is 0 Å². The molecule has 1 aromatic carbocycles. The van der Waals surface area contributed by atoms with Gasteiger partial charge in [-0.05, 0) is 31.1 Å². The molecule has 0 fully saturated rings. The summed E-state index contributed by atoms with van der Waals surface area (Å²) >= 11 is 11.3. The molecule has 20 heavy (non-hydrogen) atoms. The van der Waals surface area contributed by atoms with Gasteiger partial charge in [-0.3, -0.25) is 0 Å². The van der Waals surface area contributed by atoms with Crippen molar-refractivity contribution in [1.29, 1.82) is 0 Å². The minimum Gasteiger partial charge on any atom is -0.330 e. The number of imidazole rings is 1. The van der Waals surface area contributed by atoms with Gasteiger partial charge in [0.2, 0.25) is 0 Å². The van der Waals surface area contributed by atoms with Gasteiger partial charge in [0.05, 0.1) is 16.1 Å². The van der Waals surface area contributed by atoms with Crippen molar-refractivity contribution in [1.82, 2.24) is 9.55 Å². The van der Waals surface area contributed by atoms with Gasteiger partial charge >= 0.3 is 0 Å². The molecular formula is C15H20ClFN2S. The van der Waals surface area contributed by atoms with Gasteiger partial charge in [0.25, 0.3) is 0 Å². The molecule has 1 aromatic heterocycles. The Kier molecular flexibility index (Phi) is 5.22. The van der Waals surface area contributed by atoms with E-state index in [0.717, 1.165) is 43.1 Å². The Morgan fingerprint density at radius 3 is 2.70 bits per heavy atom. The predicted molar refractivity (Wildman–Crippen MR) is 85.6 cm³/mol. The topological polar surface area (TPSA) is 20.7 Å². The number of H-pyrrole nitrogens is 1. The molecule has 110 valence electrons. The Balaban J connectivity index is 2.52. The second kappa shape index (κ2) is 6.72. The van der Waals surface area contributed by atoms with Gasteiger partial charge in [0.15, 0.2) is 4.77 Å². The van der Waals surface area contributed by atoms with Crippen molar-refractivity contribution in [3.8, 4) is 0 Å². The van der Waals surface area contributed by atoms with E-state index in [-0.39, 0.29) is 5.02 Å². The van der Waals surface area contributed by atoms with E-state index >= 15 is 0 Å². The maximum atomic E-state index is 13.5. The number of nitrogens with one attached hydrogen (secondary N) is 1. The highest BCUT2D eigenvalue weighted by Gasteiger charge is 2.16. The summed E-state index contributed by atoms with van der Waals surface area (Å²) in [6, 6.07) is 3.45. The molecule has 0 aliphatic heterocycles. The average molecular weight is 315 g/mol. The summed E-state index contributed by atoms with van der Waals surface area (Å²) in [4.78, 5) is 3.09. The lowest BCUT2D eigenvalue weighted by Crippen LogP contribution is -2.09. The largest absolute Gasteiger partial charge is 0.330 e. The molecule has 0 bridgehead atoms. The molecule has 0 saturated carbocycles. The molecule has 1 atom stereocenters. The smallest absolute Gasteiger partial charge is 0.178 e. The Hall–Kier alpha value is -0.870. The fourth-order valence-corrected chi connectivity index (χ4v) is 3.17. The van der Waals surface area contributed by atoms with Crippen molar-refractivity contribution in [2.24, 2.45) is 0 Å². The van der Waals surface area contributed by atoms with E-state index in [0.29, 0.717) is 10.8 Å². The Morgan fingerprint density at radius 1 is 1.30 bits per heavy atom. The van der Waals surface area contributed by atoms with Crippen LogP contribution >= 0.6 is 23.8 Å². The van der Waals surface area contributed by atoms with E-state index in [1.165, 1.54) is 6.07 Å². The highest BCUT2D eigenvalue weighted by atomic mass is 35.5. The molecule has 2 rings (SSSR count). The van der Waals surface area contributed by atoms with Crippen LogP contribution in [-0.2, 0) is 0 Å². The minimum absolute atomic E-state index is 0.144. The van der Waals surface area contributed by atoms with E-state index in [1.54, 1.807) is 6.07 Å². The minimum atomic E-state index is -0.414. The highest BCUT2D eigenvalue weighted by molar-refractivity contribution is 7.71. The van der Waals surface area contributed by atoms with Gasteiger partial charge in [-0.25, -0.2) is 4.39 Å². The molecule has 0 radical (unpaired) electrons. The number of aromatic nitrogens is 2. The zero-order chi connectivity index (χ0) is 14.7. The van der Waals surface area contributed by atoms with Crippen LogP contribution in [0.4, 0.5) is 4.39 Å². The first-order valence-electron chi connectivity index (χ1n) is 7.17. The van der Waals surface area contributed by atoms with E-state index < -0.39 is 5.82 Å². The van der Waals surface area contributed by atoms with Gasteiger partial charge in [-0.15, -0.1) is 0 Å². The van der Waals surface area contributed by atoms with Gasteiger partial charge in [0.1, 0.15) is 5.82 Å². The molecule has 2 aromatic rings. The number of rotatable bonds is 6. The van der Waals surface area contributed by atoms with Crippen LogP contribution in [0.3, 0.4) is 0 Å². The number of nitrogens with zero attached hydrogens (tertiary/aromatic N) is 1. The molecule has 1 heterocycles. The monoisotopic (exact) mass is 314 g/mol. The number of unbranched alkanes of at least 4 members (excludes halogenated alkanes) is 1. The molecule has 0 saturated heterocycles. The zero-order valence-electron chi connectivity index (χ0n) is 11.9. The third-order valence-electron chi connectivity index (χ3n) is 3.64. The number of hydrogen-bond acceptors (Lipinski definition) is 1.